The Kier molecular flexibility index (Phi) is 6.61. The molecule has 1 atom stereocenters. The van der Waals surface area contributed by atoms with Gasteiger partial charge in [-0.15, -0.1) is 0 Å². The van der Waals surface area contributed by atoms with Gasteiger partial charge in [-0.3, -0.25) is 14.9 Å². The van der Waals surface area contributed by atoms with E-state index in [1.165, 1.54) is 6.08 Å². The summed E-state index contributed by atoms with van der Waals surface area (Å²) in [6, 6.07) is 16.6. The quantitative estimate of drug-likeness (QED) is 0.424. The lowest BCUT2D eigenvalue weighted by Crippen LogP contribution is -2.29. The van der Waals surface area contributed by atoms with Crippen LogP contribution in [0.3, 0.4) is 0 Å². The SMILES string of the molecule is O=C(C=Cc1ccc([C@@H]2CCCN2CCS(=O)(=O)c2ccccc2)cc1)NO. The fraction of sp³-hybridized carbons (Fsp3) is 0.286. The van der Waals surface area contributed by atoms with Crippen LogP contribution in [0, 0.1) is 0 Å². The van der Waals surface area contributed by atoms with Crippen molar-refractivity contribution in [3.63, 3.8) is 0 Å². The molecule has 1 aliphatic rings. The average Bonchev–Trinajstić information content (AvgIpc) is 3.20. The highest BCUT2D eigenvalue weighted by Crippen LogP contribution is 2.32. The van der Waals surface area contributed by atoms with Crippen LogP contribution in [0.15, 0.2) is 65.6 Å². The third-order valence-corrected chi connectivity index (χ3v) is 6.68. The molecule has 0 bridgehead atoms. The molecule has 0 saturated carbocycles. The summed E-state index contributed by atoms with van der Waals surface area (Å²) in [5.41, 5.74) is 3.54. The Morgan fingerprint density at radius 1 is 1.14 bits per heavy atom. The molecule has 0 unspecified atom stereocenters. The molecule has 6 nitrogen and oxygen atoms in total. The Morgan fingerprint density at radius 3 is 2.54 bits per heavy atom. The van der Waals surface area contributed by atoms with Gasteiger partial charge in [0.2, 0.25) is 0 Å². The van der Waals surface area contributed by atoms with Crippen LogP contribution in [-0.2, 0) is 14.6 Å². The summed E-state index contributed by atoms with van der Waals surface area (Å²) in [7, 11) is -3.29. The number of carbonyl (C=O) groups excluding carboxylic acids is 1. The maximum absolute atomic E-state index is 12.5. The molecule has 2 N–H and O–H groups in total. The first kappa shape index (κ1) is 20.3. The molecule has 0 spiro atoms. The van der Waals surface area contributed by atoms with Crippen molar-refractivity contribution in [2.24, 2.45) is 0 Å². The van der Waals surface area contributed by atoms with Crippen molar-refractivity contribution in [1.82, 2.24) is 10.4 Å². The van der Waals surface area contributed by atoms with Gasteiger partial charge in [0.1, 0.15) is 0 Å². The molecule has 28 heavy (non-hydrogen) atoms. The third-order valence-electron chi connectivity index (χ3n) is 4.97. The van der Waals surface area contributed by atoms with Crippen LogP contribution in [0.5, 0.6) is 0 Å². The van der Waals surface area contributed by atoms with E-state index in [1.54, 1.807) is 35.8 Å². The lowest BCUT2D eigenvalue weighted by atomic mass is 10.0. The van der Waals surface area contributed by atoms with Crippen molar-refractivity contribution in [3.05, 3.63) is 71.8 Å². The van der Waals surface area contributed by atoms with E-state index in [9.17, 15) is 13.2 Å². The van der Waals surface area contributed by atoms with Gasteiger partial charge in [-0.05, 0) is 48.7 Å². The smallest absolute Gasteiger partial charge is 0.267 e. The zero-order valence-corrected chi connectivity index (χ0v) is 16.3. The highest BCUT2D eigenvalue weighted by molar-refractivity contribution is 7.91. The van der Waals surface area contributed by atoms with E-state index in [0.29, 0.717) is 11.4 Å². The molecular formula is C21H24N2O4S. The van der Waals surface area contributed by atoms with Gasteiger partial charge in [-0.2, -0.15) is 0 Å². The number of likely N-dealkylation sites (tertiary alicyclic amines) is 1. The molecule has 1 fully saturated rings. The van der Waals surface area contributed by atoms with Crippen molar-refractivity contribution in [2.75, 3.05) is 18.8 Å². The van der Waals surface area contributed by atoms with Crippen LogP contribution in [0.1, 0.15) is 30.0 Å². The Bertz CT molecular complexity index is 925. The van der Waals surface area contributed by atoms with Crippen LogP contribution in [-0.4, -0.2) is 43.3 Å². The summed E-state index contributed by atoms with van der Waals surface area (Å²) in [6.45, 7) is 1.38. The van der Waals surface area contributed by atoms with Crippen LogP contribution < -0.4 is 5.48 Å². The first-order valence-corrected chi connectivity index (χ1v) is 10.9. The van der Waals surface area contributed by atoms with E-state index in [2.05, 4.69) is 4.90 Å². The number of amides is 1. The lowest BCUT2D eigenvalue weighted by Gasteiger charge is -2.24. The summed E-state index contributed by atoms with van der Waals surface area (Å²) >= 11 is 0. The highest BCUT2D eigenvalue weighted by atomic mass is 32.2. The Labute approximate surface area is 165 Å². The molecule has 1 amide bonds. The van der Waals surface area contributed by atoms with Gasteiger partial charge in [0.05, 0.1) is 10.6 Å². The van der Waals surface area contributed by atoms with E-state index in [-0.39, 0.29) is 11.8 Å². The maximum Gasteiger partial charge on any atom is 0.267 e. The average molecular weight is 400 g/mol. The molecule has 2 aromatic carbocycles. The number of hydroxylamine groups is 1. The van der Waals surface area contributed by atoms with E-state index >= 15 is 0 Å². The molecular weight excluding hydrogens is 376 g/mol. The monoisotopic (exact) mass is 400 g/mol. The molecule has 0 aromatic heterocycles. The number of hydrogen-bond donors (Lipinski definition) is 2. The van der Waals surface area contributed by atoms with E-state index in [1.807, 2.05) is 30.3 Å². The lowest BCUT2D eigenvalue weighted by molar-refractivity contribution is -0.124. The molecule has 2 aromatic rings. The molecule has 0 aliphatic carbocycles. The fourth-order valence-electron chi connectivity index (χ4n) is 3.49. The van der Waals surface area contributed by atoms with Gasteiger partial charge >= 0.3 is 0 Å². The molecule has 148 valence electrons. The van der Waals surface area contributed by atoms with Crippen LogP contribution in [0.2, 0.25) is 0 Å². The maximum atomic E-state index is 12.5. The minimum absolute atomic E-state index is 0.102. The Hall–Kier alpha value is -2.48. The first-order chi connectivity index (χ1) is 13.5. The minimum Gasteiger partial charge on any atom is -0.295 e. The van der Waals surface area contributed by atoms with E-state index < -0.39 is 15.7 Å². The number of benzene rings is 2. The topological polar surface area (TPSA) is 86.7 Å². The van der Waals surface area contributed by atoms with E-state index in [0.717, 1.165) is 30.5 Å². The number of carbonyl (C=O) groups is 1. The molecule has 3 rings (SSSR count). The number of nitrogens with zero attached hydrogens (tertiary/aromatic N) is 1. The van der Waals surface area contributed by atoms with Gasteiger partial charge in [0.15, 0.2) is 9.84 Å². The standard InChI is InChI=1S/C21H24N2O4S/c24-21(22-25)13-10-17-8-11-18(12-9-17)20-7-4-14-23(20)15-16-28(26,27)19-5-2-1-3-6-19/h1-3,5-6,8-13,20,25H,4,7,14-16H2,(H,22,24)/t20-/m0/s1. The molecule has 1 aliphatic heterocycles. The zero-order chi connectivity index (χ0) is 20.0. The van der Waals surface area contributed by atoms with Gasteiger partial charge < -0.3 is 0 Å². The first-order valence-electron chi connectivity index (χ1n) is 9.23. The second-order valence-electron chi connectivity index (χ2n) is 6.80. The Morgan fingerprint density at radius 2 is 1.86 bits per heavy atom. The number of nitrogens with one attached hydrogen (secondary N) is 1. The normalized spacial score (nSPS) is 17.8. The summed E-state index contributed by atoms with van der Waals surface area (Å²) in [4.78, 5) is 13.7. The summed E-state index contributed by atoms with van der Waals surface area (Å²) in [5.74, 6) is -0.476. The van der Waals surface area contributed by atoms with E-state index in [4.69, 9.17) is 5.21 Å². The second kappa shape index (κ2) is 9.14. The summed E-state index contributed by atoms with van der Waals surface area (Å²) < 4.78 is 25.1. The van der Waals surface area contributed by atoms with Crippen molar-refractivity contribution in [3.8, 4) is 0 Å². The fourth-order valence-corrected chi connectivity index (χ4v) is 4.78. The van der Waals surface area contributed by atoms with Crippen molar-refractivity contribution in [2.45, 2.75) is 23.8 Å². The van der Waals surface area contributed by atoms with Crippen LogP contribution in [0.25, 0.3) is 6.08 Å². The van der Waals surface area contributed by atoms with Crippen LogP contribution >= 0.6 is 0 Å². The largest absolute Gasteiger partial charge is 0.295 e. The number of hydrogen-bond acceptors (Lipinski definition) is 5. The van der Waals surface area contributed by atoms with Crippen molar-refractivity contribution < 1.29 is 18.4 Å². The summed E-state index contributed by atoms with van der Waals surface area (Å²) in [5, 5.41) is 8.51. The highest BCUT2D eigenvalue weighted by Gasteiger charge is 2.27. The predicted octanol–water partition coefficient (Wildman–Crippen LogP) is 2.82. The number of sulfone groups is 1. The van der Waals surface area contributed by atoms with Crippen molar-refractivity contribution >= 4 is 21.8 Å². The van der Waals surface area contributed by atoms with Gasteiger partial charge in [-0.25, -0.2) is 13.9 Å². The van der Waals surface area contributed by atoms with Crippen LogP contribution in [0.4, 0.5) is 0 Å². The second-order valence-corrected chi connectivity index (χ2v) is 8.91. The third kappa shape index (κ3) is 5.07. The number of rotatable bonds is 7. The van der Waals surface area contributed by atoms with Gasteiger partial charge in [-0.1, -0.05) is 42.5 Å². The van der Waals surface area contributed by atoms with Crippen molar-refractivity contribution in [1.29, 1.82) is 0 Å². The summed E-state index contributed by atoms with van der Waals surface area (Å²) in [6.07, 6.45) is 4.90. The zero-order valence-electron chi connectivity index (χ0n) is 15.5. The minimum atomic E-state index is -3.29. The molecule has 0 radical (unpaired) electrons. The Balaban J connectivity index is 1.64. The molecule has 7 heteroatoms. The molecule has 1 heterocycles. The predicted molar refractivity (Wildman–Crippen MR) is 107 cm³/mol. The van der Waals surface area contributed by atoms with Gasteiger partial charge in [0.25, 0.3) is 5.91 Å². The van der Waals surface area contributed by atoms with Gasteiger partial charge in [0, 0.05) is 18.7 Å². The molecule has 1 saturated heterocycles.